The summed E-state index contributed by atoms with van der Waals surface area (Å²) in [6.45, 7) is 3.52. The van der Waals surface area contributed by atoms with Crippen molar-refractivity contribution >= 4 is 38.7 Å². The molecule has 2 N–H and O–H groups in total. The van der Waals surface area contributed by atoms with E-state index in [1.807, 2.05) is 16.5 Å². The Bertz CT molecular complexity index is 700. The Balaban J connectivity index is 1.91. The lowest BCUT2D eigenvalue weighted by molar-refractivity contribution is -0.132. The highest BCUT2D eigenvalue weighted by molar-refractivity contribution is 9.10. The lowest BCUT2D eigenvalue weighted by Gasteiger charge is -2.33. The van der Waals surface area contributed by atoms with Gasteiger partial charge in [0.2, 0.25) is 5.91 Å². The number of fused-ring (bicyclic) bond motifs is 1. The average molecular weight is 367 g/mol. The first-order valence-electron chi connectivity index (χ1n) is 7.53. The summed E-state index contributed by atoms with van der Waals surface area (Å²) in [6, 6.07) is 0.123. The van der Waals surface area contributed by atoms with Crippen LogP contribution >= 0.6 is 15.9 Å². The fourth-order valence-electron chi connectivity index (χ4n) is 2.96. The largest absolute Gasteiger partial charge is 0.383 e. The third kappa shape index (κ3) is 2.67. The molecule has 0 bridgehead atoms. The molecule has 1 saturated heterocycles. The van der Waals surface area contributed by atoms with Gasteiger partial charge in [0, 0.05) is 19.5 Å². The van der Waals surface area contributed by atoms with E-state index in [0.717, 1.165) is 31.2 Å². The molecule has 8 heteroatoms. The third-order valence-corrected chi connectivity index (χ3v) is 4.59. The molecule has 1 aliphatic heterocycles. The summed E-state index contributed by atoms with van der Waals surface area (Å²) in [4.78, 5) is 22.4. The first-order valence-corrected chi connectivity index (χ1v) is 8.33. The zero-order valence-corrected chi connectivity index (χ0v) is 14.1. The molecule has 0 spiro atoms. The number of amides is 1. The summed E-state index contributed by atoms with van der Waals surface area (Å²) < 4.78 is 2.53. The van der Waals surface area contributed by atoms with E-state index in [2.05, 4.69) is 31.0 Å². The van der Waals surface area contributed by atoms with Gasteiger partial charge in [-0.2, -0.15) is 5.10 Å². The fourth-order valence-corrected chi connectivity index (χ4v) is 3.51. The second-order valence-corrected chi connectivity index (χ2v) is 6.33. The summed E-state index contributed by atoms with van der Waals surface area (Å²) in [6.07, 6.45) is 4.87. The molecule has 0 aromatic carbocycles. The van der Waals surface area contributed by atoms with Crippen LogP contribution in [0.2, 0.25) is 0 Å². The summed E-state index contributed by atoms with van der Waals surface area (Å²) in [5.41, 5.74) is 6.63. The molecule has 3 rings (SSSR count). The highest BCUT2D eigenvalue weighted by Crippen LogP contribution is 2.30. The molecule has 1 amide bonds. The number of carbonyl (C=O) groups is 1. The van der Waals surface area contributed by atoms with Crippen LogP contribution in [0.5, 0.6) is 0 Å². The number of likely N-dealkylation sites (tertiary alicyclic amines) is 1. The van der Waals surface area contributed by atoms with Gasteiger partial charge >= 0.3 is 0 Å². The summed E-state index contributed by atoms with van der Waals surface area (Å²) >= 11 is 3.43. The van der Waals surface area contributed by atoms with E-state index in [0.29, 0.717) is 29.0 Å². The normalized spacial score (nSPS) is 18.8. The number of rotatable bonds is 3. The van der Waals surface area contributed by atoms with Crippen LogP contribution in [0.25, 0.3) is 11.0 Å². The zero-order valence-electron chi connectivity index (χ0n) is 12.5. The zero-order chi connectivity index (χ0) is 15.7. The van der Waals surface area contributed by atoms with Crippen molar-refractivity contribution in [3.05, 3.63) is 10.9 Å². The Hall–Kier alpha value is -1.70. The molecular weight excluding hydrogens is 348 g/mol. The maximum Gasteiger partial charge on any atom is 0.222 e. The highest BCUT2D eigenvalue weighted by atomic mass is 79.9. The molecule has 0 radical (unpaired) electrons. The monoisotopic (exact) mass is 366 g/mol. The number of carbonyl (C=O) groups excluding carboxylic acids is 1. The van der Waals surface area contributed by atoms with Gasteiger partial charge in [-0.05, 0) is 35.2 Å². The van der Waals surface area contributed by atoms with Crippen molar-refractivity contribution in [3.63, 3.8) is 0 Å². The van der Waals surface area contributed by atoms with Crippen molar-refractivity contribution in [3.8, 4) is 0 Å². The lowest BCUT2D eigenvalue weighted by Crippen LogP contribution is -2.40. The third-order valence-electron chi connectivity index (χ3n) is 4.03. The van der Waals surface area contributed by atoms with Gasteiger partial charge in [0.05, 0.1) is 11.4 Å². The number of nitrogens with zero attached hydrogens (tertiary/aromatic N) is 5. The molecule has 2 aromatic heterocycles. The van der Waals surface area contributed by atoms with Crippen LogP contribution < -0.4 is 5.73 Å². The average Bonchev–Trinajstić information content (AvgIpc) is 2.86. The number of piperidine rings is 1. The van der Waals surface area contributed by atoms with Crippen LogP contribution in [0.15, 0.2) is 10.9 Å². The minimum absolute atomic E-state index is 0.123. The van der Waals surface area contributed by atoms with Crippen LogP contribution in [-0.2, 0) is 4.79 Å². The summed E-state index contributed by atoms with van der Waals surface area (Å²) in [5.74, 6) is 0.634. The first-order chi connectivity index (χ1) is 10.6. The Labute approximate surface area is 137 Å². The number of anilines is 1. The van der Waals surface area contributed by atoms with E-state index in [1.165, 1.54) is 6.33 Å². The predicted octanol–water partition coefficient (Wildman–Crippen LogP) is 2.13. The SMILES string of the molecule is CCCC(=O)N1CCC[C@@H](n2nc(Br)c3c(N)ncnc32)C1. The molecule has 1 atom stereocenters. The van der Waals surface area contributed by atoms with Crippen LogP contribution in [0.1, 0.15) is 38.6 Å². The van der Waals surface area contributed by atoms with Crippen LogP contribution in [0.3, 0.4) is 0 Å². The quantitative estimate of drug-likeness (QED) is 0.898. The topological polar surface area (TPSA) is 89.9 Å². The second-order valence-electron chi connectivity index (χ2n) is 5.58. The molecular formula is C14H19BrN6O. The maximum absolute atomic E-state index is 12.1. The molecule has 118 valence electrons. The van der Waals surface area contributed by atoms with Gasteiger partial charge < -0.3 is 10.6 Å². The number of nitrogens with two attached hydrogens (primary N) is 1. The van der Waals surface area contributed by atoms with E-state index in [4.69, 9.17) is 5.73 Å². The number of halogens is 1. The van der Waals surface area contributed by atoms with Crippen LogP contribution in [0, 0.1) is 0 Å². The van der Waals surface area contributed by atoms with Gasteiger partial charge in [-0.25, -0.2) is 14.6 Å². The molecule has 2 aromatic rings. The van der Waals surface area contributed by atoms with Gasteiger partial charge in [0.15, 0.2) is 5.65 Å². The van der Waals surface area contributed by atoms with E-state index in [1.54, 1.807) is 0 Å². The molecule has 0 aliphatic carbocycles. The molecule has 3 heterocycles. The second kappa shape index (κ2) is 6.20. The fraction of sp³-hybridized carbons (Fsp3) is 0.571. The van der Waals surface area contributed by atoms with Crippen molar-refractivity contribution in [2.45, 2.75) is 38.6 Å². The molecule has 22 heavy (non-hydrogen) atoms. The molecule has 0 saturated carbocycles. The minimum atomic E-state index is 0.123. The Morgan fingerprint density at radius 2 is 2.32 bits per heavy atom. The standard InChI is InChI=1S/C14H19BrN6O/c1-2-4-10(22)20-6-3-5-9(7-20)21-14-11(12(15)19-21)13(16)17-8-18-14/h8-9H,2-7H2,1H3,(H2,16,17,18)/t9-/m1/s1. The van der Waals surface area contributed by atoms with E-state index in [-0.39, 0.29) is 11.9 Å². The highest BCUT2D eigenvalue weighted by Gasteiger charge is 2.27. The van der Waals surface area contributed by atoms with Gasteiger partial charge in [-0.1, -0.05) is 6.92 Å². The Kier molecular flexibility index (Phi) is 4.28. The molecule has 7 nitrogen and oxygen atoms in total. The van der Waals surface area contributed by atoms with Crippen molar-refractivity contribution in [1.82, 2.24) is 24.6 Å². The smallest absolute Gasteiger partial charge is 0.222 e. The lowest BCUT2D eigenvalue weighted by atomic mass is 10.1. The number of hydrogen-bond donors (Lipinski definition) is 1. The number of aromatic nitrogens is 4. The maximum atomic E-state index is 12.1. The van der Waals surface area contributed by atoms with Crippen molar-refractivity contribution < 1.29 is 4.79 Å². The van der Waals surface area contributed by atoms with E-state index < -0.39 is 0 Å². The van der Waals surface area contributed by atoms with E-state index >= 15 is 0 Å². The summed E-state index contributed by atoms with van der Waals surface area (Å²) in [5, 5.41) is 5.26. The van der Waals surface area contributed by atoms with Gasteiger partial charge in [-0.3, -0.25) is 4.79 Å². The van der Waals surface area contributed by atoms with Gasteiger partial charge in [0.1, 0.15) is 16.7 Å². The molecule has 1 fully saturated rings. The Morgan fingerprint density at radius 3 is 3.09 bits per heavy atom. The first kappa shape index (κ1) is 15.2. The van der Waals surface area contributed by atoms with Crippen LogP contribution in [-0.4, -0.2) is 43.6 Å². The minimum Gasteiger partial charge on any atom is -0.383 e. The summed E-state index contributed by atoms with van der Waals surface area (Å²) in [7, 11) is 0. The van der Waals surface area contributed by atoms with Crippen LogP contribution in [0.4, 0.5) is 5.82 Å². The molecule has 1 aliphatic rings. The predicted molar refractivity (Wildman–Crippen MR) is 87.2 cm³/mol. The van der Waals surface area contributed by atoms with Crippen molar-refractivity contribution in [2.24, 2.45) is 0 Å². The molecule has 0 unspecified atom stereocenters. The van der Waals surface area contributed by atoms with Gasteiger partial charge in [-0.15, -0.1) is 0 Å². The van der Waals surface area contributed by atoms with Crippen molar-refractivity contribution in [2.75, 3.05) is 18.8 Å². The number of nitrogen functional groups attached to an aromatic ring is 1. The van der Waals surface area contributed by atoms with Crippen molar-refractivity contribution in [1.29, 1.82) is 0 Å². The Morgan fingerprint density at radius 1 is 1.50 bits per heavy atom. The van der Waals surface area contributed by atoms with Gasteiger partial charge in [0.25, 0.3) is 0 Å². The number of hydrogen-bond acceptors (Lipinski definition) is 5. The van der Waals surface area contributed by atoms with E-state index in [9.17, 15) is 4.79 Å².